The third-order valence-corrected chi connectivity index (χ3v) is 8.69. The van der Waals surface area contributed by atoms with Crippen molar-refractivity contribution in [3.05, 3.63) is 99.3 Å². The minimum Gasteiger partial charge on any atom is -0.368 e. The Morgan fingerprint density at radius 1 is 0.895 bits per heavy atom. The molecule has 4 rings (SSSR count). The van der Waals surface area contributed by atoms with Gasteiger partial charge in [-0.15, -0.1) is 0 Å². The lowest BCUT2D eigenvalue weighted by molar-refractivity contribution is -0.137. The van der Waals surface area contributed by atoms with Gasteiger partial charge >= 0.3 is 6.18 Å². The standard InChI is InChI=1S/C26H24Cl2F4N2O3S/c27-21-7-3-19(4-8-21)25(37-17-18-1-5-20(6-2-18)26(30,31)32)16-33-11-13-34(14-12-33)38(35,36)22-9-10-24(29)23(28)15-22/h1-10,15,25H,11-14,16-17H2/t25-/m0/s1. The molecule has 0 bridgehead atoms. The molecule has 1 atom stereocenters. The molecule has 1 heterocycles. The summed E-state index contributed by atoms with van der Waals surface area (Å²) in [5.74, 6) is -0.694. The third-order valence-electron chi connectivity index (χ3n) is 6.26. The molecule has 1 aliphatic rings. The number of hydrogen-bond acceptors (Lipinski definition) is 4. The molecule has 0 saturated carbocycles. The van der Waals surface area contributed by atoms with E-state index < -0.39 is 33.7 Å². The number of alkyl halides is 3. The normalized spacial score (nSPS) is 16.5. The van der Waals surface area contributed by atoms with E-state index >= 15 is 0 Å². The molecule has 3 aromatic carbocycles. The molecule has 0 aliphatic carbocycles. The van der Waals surface area contributed by atoms with Crippen LogP contribution in [0.5, 0.6) is 0 Å². The number of rotatable bonds is 8. The Morgan fingerprint density at radius 3 is 2.11 bits per heavy atom. The van der Waals surface area contributed by atoms with Crippen LogP contribution in [-0.4, -0.2) is 50.3 Å². The van der Waals surface area contributed by atoms with E-state index in [2.05, 4.69) is 4.90 Å². The van der Waals surface area contributed by atoms with Crippen LogP contribution in [0.25, 0.3) is 0 Å². The van der Waals surface area contributed by atoms with Crippen LogP contribution in [0.3, 0.4) is 0 Å². The van der Waals surface area contributed by atoms with E-state index in [0.29, 0.717) is 30.2 Å². The van der Waals surface area contributed by atoms with E-state index in [0.717, 1.165) is 29.8 Å². The highest BCUT2D eigenvalue weighted by molar-refractivity contribution is 7.89. The summed E-state index contributed by atoms with van der Waals surface area (Å²) in [6, 6.07) is 15.2. The summed E-state index contributed by atoms with van der Waals surface area (Å²) in [4.78, 5) is 1.98. The SMILES string of the molecule is O=S(=O)(c1ccc(F)c(Cl)c1)N1CCN(C[C@H](OCc2ccc(C(F)(F)F)cc2)c2ccc(Cl)cc2)CC1. The lowest BCUT2D eigenvalue weighted by atomic mass is 10.1. The van der Waals surface area contributed by atoms with Crippen molar-refractivity contribution in [3.8, 4) is 0 Å². The average Bonchev–Trinajstić information content (AvgIpc) is 2.88. The summed E-state index contributed by atoms with van der Waals surface area (Å²) < 4.78 is 85.5. The van der Waals surface area contributed by atoms with Crippen LogP contribution < -0.4 is 0 Å². The van der Waals surface area contributed by atoms with E-state index in [9.17, 15) is 26.0 Å². The van der Waals surface area contributed by atoms with Gasteiger partial charge in [0, 0.05) is 37.7 Å². The molecule has 1 aliphatic heterocycles. The van der Waals surface area contributed by atoms with Crippen molar-refractivity contribution in [1.82, 2.24) is 9.21 Å². The topological polar surface area (TPSA) is 49.9 Å². The van der Waals surface area contributed by atoms with Crippen LogP contribution in [0.15, 0.2) is 71.6 Å². The van der Waals surface area contributed by atoms with Gasteiger partial charge in [0.2, 0.25) is 10.0 Å². The molecule has 0 aromatic heterocycles. The Hall–Kier alpha value is -2.21. The number of nitrogens with zero attached hydrogens (tertiary/aromatic N) is 2. The van der Waals surface area contributed by atoms with Crippen molar-refractivity contribution in [2.45, 2.75) is 23.8 Å². The summed E-state index contributed by atoms with van der Waals surface area (Å²) in [6.07, 6.45) is -4.85. The zero-order chi connectivity index (χ0) is 27.5. The molecule has 38 heavy (non-hydrogen) atoms. The van der Waals surface area contributed by atoms with Gasteiger partial charge in [-0.25, -0.2) is 12.8 Å². The summed E-state index contributed by atoms with van der Waals surface area (Å²) in [7, 11) is -3.84. The zero-order valence-corrected chi connectivity index (χ0v) is 22.3. The van der Waals surface area contributed by atoms with Crippen LogP contribution in [0.1, 0.15) is 22.8 Å². The maximum atomic E-state index is 13.5. The predicted octanol–water partition coefficient (Wildman–Crippen LogP) is 6.42. The molecule has 0 radical (unpaired) electrons. The average molecular weight is 591 g/mol. The molecule has 5 nitrogen and oxygen atoms in total. The molecule has 0 unspecified atom stereocenters. The second-order valence-corrected chi connectivity index (χ2v) is 11.6. The smallest absolute Gasteiger partial charge is 0.368 e. The van der Waals surface area contributed by atoms with Gasteiger partial charge < -0.3 is 4.74 Å². The van der Waals surface area contributed by atoms with E-state index in [1.807, 2.05) is 12.1 Å². The highest BCUT2D eigenvalue weighted by Gasteiger charge is 2.31. The minimum atomic E-state index is -4.41. The van der Waals surface area contributed by atoms with E-state index in [1.54, 1.807) is 12.1 Å². The second kappa shape index (κ2) is 11.9. The van der Waals surface area contributed by atoms with E-state index in [4.69, 9.17) is 27.9 Å². The fourth-order valence-corrected chi connectivity index (χ4v) is 5.91. The van der Waals surface area contributed by atoms with Crippen molar-refractivity contribution in [1.29, 1.82) is 0 Å². The van der Waals surface area contributed by atoms with E-state index in [-0.39, 0.29) is 29.6 Å². The van der Waals surface area contributed by atoms with Gasteiger partial charge in [-0.05, 0) is 53.6 Å². The molecule has 0 spiro atoms. The summed E-state index contributed by atoms with van der Waals surface area (Å²) >= 11 is 11.8. The minimum absolute atomic E-state index is 0.0729. The molecular weight excluding hydrogens is 567 g/mol. The van der Waals surface area contributed by atoms with Gasteiger partial charge in [0.1, 0.15) is 5.82 Å². The van der Waals surface area contributed by atoms with Crippen LogP contribution >= 0.6 is 23.2 Å². The summed E-state index contributed by atoms with van der Waals surface area (Å²) in [5.41, 5.74) is 0.689. The second-order valence-electron chi connectivity index (χ2n) is 8.83. The molecule has 0 amide bonds. The Bertz CT molecular complexity index is 1350. The van der Waals surface area contributed by atoms with Gasteiger partial charge in [-0.2, -0.15) is 17.5 Å². The quantitative estimate of drug-likeness (QED) is 0.284. The zero-order valence-electron chi connectivity index (χ0n) is 20.0. The lowest BCUT2D eigenvalue weighted by Gasteiger charge is -2.36. The number of ether oxygens (including phenoxy) is 1. The maximum absolute atomic E-state index is 13.5. The molecule has 1 fully saturated rings. The number of halogens is 6. The van der Waals surface area contributed by atoms with Gasteiger partial charge in [-0.1, -0.05) is 47.5 Å². The van der Waals surface area contributed by atoms with Crippen molar-refractivity contribution >= 4 is 33.2 Å². The molecule has 204 valence electrons. The first kappa shape index (κ1) is 28.8. The van der Waals surface area contributed by atoms with Crippen LogP contribution in [-0.2, 0) is 27.5 Å². The largest absolute Gasteiger partial charge is 0.416 e. The van der Waals surface area contributed by atoms with Crippen molar-refractivity contribution in [2.75, 3.05) is 32.7 Å². The first-order chi connectivity index (χ1) is 17.9. The molecule has 1 saturated heterocycles. The highest BCUT2D eigenvalue weighted by Crippen LogP contribution is 2.30. The highest BCUT2D eigenvalue weighted by atomic mass is 35.5. The summed E-state index contributed by atoms with van der Waals surface area (Å²) in [6.45, 7) is 1.78. The number of hydrogen-bond donors (Lipinski definition) is 0. The summed E-state index contributed by atoms with van der Waals surface area (Å²) in [5, 5.41) is 0.288. The van der Waals surface area contributed by atoms with E-state index in [1.165, 1.54) is 22.5 Å². The fourth-order valence-electron chi connectivity index (χ4n) is 4.09. The Morgan fingerprint density at radius 2 is 1.53 bits per heavy atom. The molecule has 3 aromatic rings. The number of piperazine rings is 1. The molecule has 0 N–H and O–H groups in total. The van der Waals surface area contributed by atoms with Gasteiger partial charge in [-0.3, -0.25) is 4.90 Å². The molecule has 12 heteroatoms. The van der Waals surface area contributed by atoms with Crippen molar-refractivity contribution in [2.24, 2.45) is 0 Å². The van der Waals surface area contributed by atoms with Crippen LogP contribution in [0.2, 0.25) is 10.0 Å². The Labute approximate surface area is 228 Å². The van der Waals surface area contributed by atoms with Crippen molar-refractivity contribution in [3.63, 3.8) is 0 Å². The monoisotopic (exact) mass is 590 g/mol. The number of sulfonamides is 1. The Kier molecular flexibility index (Phi) is 9.01. The van der Waals surface area contributed by atoms with Gasteiger partial charge in [0.15, 0.2) is 0 Å². The van der Waals surface area contributed by atoms with Gasteiger partial charge in [0.25, 0.3) is 0 Å². The van der Waals surface area contributed by atoms with Crippen molar-refractivity contribution < 1.29 is 30.7 Å². The fraction of sp³-hybridized carbons (Fsp3) is 0.308. The molecular formula is C26H24Cl2F4N2O3S. The Balaban J connectivity index is 1.42. The lowest BCUT2D eigenvalue weighted by Crippen LogP contribution is -2.49. The van der Waals surface area contributed by atoms with Crippen LogP contribution in [0.4, 0.5) is 17.6 Å². The third kappa shape index (κ3) is 7.05. The van der Waals surface area contributed by atoms with Crippen LogP contribution in [0, 0.1) is 5.82 Å². The predicted molar refractivity (Wildman–Crippen MR) is 137 cm³/mol. The first-order valence-corrected chi connectivity index (χ1v) is 13.8. The first-order valence-electron chi connectivity index (χ1n) is 11.6. The number of benzene rings is 3. The maximum Gasteiger partial charge on any atom is 0.416 e. The van der Waals surface area contributed by atoms with Gasteiger partial charge in [0.05, 0.1) is 28.2 Å².